The maximum absolute atomic E-state index is 9.93. The lowest BCUT2D eigenvalue weighted by Gasteiger charge is -1.94. The van der Waals surface area contributed by atoms with Crippen molar-refractivity contribution in [3.05, 3.63) is 10.1 Å². The Kier molecular flexibility index (Phi) is 1.24. The smallest absolute Gasteiger partial charge is 0.237 e. The van der Waals surface area contributed by atoms with E-state index in [-0.39, 0.29) is 4.92 Å². The van der Waals surface area contributed by atoms with Gasteiger partial charge in [-0.15, -0.1) is 0 Å². The summed E-state index contributed by atoms with van der Waals surface area (Å²) in [6.45, 7) is 0.368. The van der Waals surface area contributed by atoms with Gasteiger partial charge in [0.15, 0.2) is 0 Å². The van der Waals surface area contributed by atoms with Crippen molar-refractivity contribution in [2.75, 3.05) is 6.54 Å². The van der Waals surface area contributed by atoms with Crippen LogP contribution in [-0.4, -0.2) is 23.7 Å². The molecule has 1 atom stereocenters. The Morgan fingerprint density at radius 3 is 2.88 bits per heavy atom. The van der Waals surface area contributed by atoms with E-state index in [4.69, 9.17) is 0 Å². The molecular weight excluding hydrogens is 108 g/mol. The minimum Gasteiger partial charge on any atom is -0.290 e. The number of rotatable bonds is 1. The van der Waals surface area contributed by atoms with Crippen molar-refractivity contribution in [3.63, 3.8) is 0 Å². The van der Waals surface area contributed by atoms with Crippen LogP contribution in [-0.2, 0) is 0 Å². The average Bonchev–Trinajstić information content (AvgIpc) is 2.12. The Balaban J connectivity index is 2.41. The highest BCUT2D eigenvalue weighted by atomic mass is 16.6. The molecule has 0 N–H and O–H groups in total. The fraction of sp³-hybridized carbons (Fsp3) is 0.750. The molecular formula is C4H6N2O2. The maximum atomic E-state index is 9.93. The fourth-order valence-corrected chi connectivity index (χ4v) is 0.620. The molecule has 1 aliphatic rings. The molecule has 44 valence electrons. The zero-order valence-corrected chi connectivity index (χ0v) is 4.28. The van der Waals surface area contributed by atoms with Crippen molar-refractivity contribution in [1.29, 1.82) is 0 Å². The van der Waals surface area contributed by atoms with E-state index >= 15 is 0 Å². The van der Waals surface area contributed by atoms with E-state index in [9.17, 15) is 10.1 Å². The summed E-state index contributed by atoms with van der Waals surface area (Å²) in [5.74, 6) is 0. The SMILES string of the molecule is O=[N+]([O-])C1CC=NC1. The van der Waals surface area contributed by atoms with Gasteiger partial charge in [0.1, 0.15) is 6.54 Å². The first-order valence-corrected chi connectivity index (χ1v) is 2.42. The summed E-state index contributed by atoms with van der Waals surface area (Å²) >= 11 is 0. The minimum atomic E-state index is -0.435. The van der Waals surface area contributed by atoms with Gasteiger partial charge >= 0.3 is 0 Å². The van der Waals surface area contributed by atoms with Crippen LogP contribution in [0.1, 0.15) is 6.42 Å². The standard InChI is InChI=1S/C4H6N2O2/c7-6(8)4-1-2-5-3-4/h2,4H,1,3H2. The van der Waals surface area contributed by atoms with Crippen molar-refractivity contribution in [1.82, 2.24) is 0 Å². The van der Waals surface area contributed by atoms with Crippen molar-refractivity contribution in [2.45, 2.75) is 12.5 Å². The maximum Gasteiger partial charge on any atom is 0.237 e. The lowest BCUT2D eigenvalue weighted by Crippen LogP contribution is -2.18. The van der Waals surface area contributed by atoms with Crippen LogP contribution in [0.2, 0.25) is 0 Å². The molecule has 0 aromatic carbocycles. The Hall–Kier alpha value is -0.930. The largest absolute Gasteiger partial charge is 0.290 e. The molecule has 0 aliphatic carbocycles. The van der Waals surface area contributed by atoms with Crippen LogP contribution in [0.5, 0.6) is 0 Å². The summed E-state index contributed by atoms with van der Waals surface area (Å²) in [6, 6.07) is -0.435. The molecule has 0 spiro atoms. The minimum absolute atomic E-state index is 0.285. The number of aliphatic imine (C=N–C) groups is 1. The lowest BCUT2D eigenvalue weighted by atomic mass is 10.3. The van der Waals surface area contributed by atoms with Crippen molar-refractivity contribution in [2.24, 2.45) is 4.99 Å². The second kappa shape index (κ2) is 1.90. The molecule has 0 saturated heterocycles. The topological polar surface area (TPSA) is 55.5 Å². The van der Waals surface area contributed by atoms with Crippen LogP contribution >= 0.6 is 0 Å². The zero-order valence-electron chi connectivity index (χ0n) is 4.28. The third-order valence-corrected chi connectivity index (χ3v) is 1.12. The van der Waals surface area contributed by atoms with E-state index in [1.54, 1.807) is 6.21 Å². The van der Waals surface area contributed by atoms with Crippen LogP contribution in [0.4, 0.5) is 0 Å². The van der Waals surface area contributed by atoms with Crippen LogP contribution in [0, 0.1) is 10.1 Å². The normalized spacial score (nSPS) is 26.2. The third kappa shape index (κ3) is 0.828. The molecule has 0 saturated carbocycles. The van der Waals surface area contributed by atoms with E-state index in [0.717, 1.165) is 0 Å². The molecule has 0 fully saturated rings. The first-order chi connectivity index (χ1) is 3.80. The summed E-state index contributed by atoms with van der Waals surface area (Å²) < 4.78 is 0. The highest BCUT2D eigenvalue weighted by molar-refractivity contribution is 5.60. The first-order valence-electron chi connectivity index (χ1n) is 2.42. The van der Waals surface area contributed by atoms with Gasteiger partial charge in [-0.25, -0.2) is 0 Å². The second-order valence-electron chi connectivity index (χ2n) is 1.72. The van der Waals surface area contributed by atoms with Crippen LogP contribution in [0.3, 0.4) is 0 Å². The molecule has 0 amide bonds. The summed E-state index contributed by atoms with van der Waals surface area (Å²) in [7, 11) is 0. The van der Waals surface area contributed by atoms with Gasteiger partial charge in [0.05, 0.1) is 6.42 Å². The Morgan fingerprint density at radius 1 is 1.88 bits per heavy atom. The zero-order chi connectivity index (χ0) is 5.98. The van der Waals surface area contributed by atoms with Crippen LogP contribution in [0.25, 0.3) is 0 Å². The average molecular weight is 114 g/mol. The number of hydrogen-bond acceptors (Lipinski definition) is 3. The van der Waals surface area contributed by atoms with Crippen molar-refractivity contribution < 1.29 is 4.92 Å². The lowest BCUT2D eigenvalue weighted by molar-refractivity contribution is -0.516. The molecule has 1 rings (SSSR count). The fourth-order valence-electron chi connectivity index (χ4n) is 0.620. The van der Waals surface area contributed by atoms with E-state index in [1.165, 1.54) is 0 Å². The van der Waals surface area contributed by atoms with E-state index in [2.05, 4.69) is 4.99 Å². The molecule has 0 aromatic rings. The molecule has 4 nitrogen and oxygen atoms in total. The predicted molar refractivity (Wildman–Crippen MR) is 28.8 cm³/mol. The molecule has 0 radical (unpaired) electrons. The van der Waals surface area contributed by atoms with Gasteiger partial charge < -0.3 is 0 Å². The molecule has 0 bridgehead atoms. The Morgan fingerprint density at radius 2 is 2.62 bits per heavy atom. The number of nitro groups is 1. The van der Waals surface area contributed by atoms with Gasteiger partial charge in [0, 0.05) is 11.1 Å². The first kappa shape index (κ1) is 5.21. The van der Waals surface area contributed by atoms with Gasteiger partial charge in [-0.3, -0.25) is 15.1 Å². The summed E-state index contributed by atoms with van der Waals surface area (Å²) in [4.78, 5) is 13.4. The Bertz CT molecular complexity index is 124. The molecule has 1 aliphatic heterocycles. The van der Waals surface area contributed by atoms with Gasteiger partial charge in [0.25, 0.3) is 0 Å². The highest BCUT2D eigenvalue weighted by Gasteiger charge is 2.20. The van der Waals surface area contributed by atoms with Gasteiger partial charge in [-0.1, -0.05) is 0 Å². The summed E-state index contributed by atoms with van der Waals surface area (Å²) in [5.41, 5.74) is 0. The Labute approximate surface area is 46.4 Å². The molecule has 0 aromatic heterocycles. The molecule has 4 heteroatoms. The quantitative estimate of drug-likeness (QED) is 0.358. The molecule has 1 heterocycles. The van der Waals surface area contributed by atoms with Crippen molar-refractivity contribution in [3.8, 4) is 0 Å². The van der Waals surface area contributed by atoms with E-state index in [1.807, 2.05) is 0 Å². The third-order valence-electron chi connectivity index (χ3n) is 1.12. The van der Waals surface area contributed by atoms with E-state index in [0.29, 0.717) is 13.0 Å². The van der Waals surface area contributed by atoms with Crippen LogP contribution < -0.4 is 0 Å². The second-order valence-corrected chi connectivity index (χ2v) is 1.72. The highest BCUT2D eigenvalue weighted by Crippen LogP contribution is 2.01. The summed E-state index contributed by atoms with van der Waals surface area (Å²) in [5, 5.41) is 9.93. The molecule has 1 unspecified atom stereocenters. The van der Waals surface area contributed by atoms with Crippen LogP contribution in [0.15, 0.2) is 4.99 Å². The van der Waals surface area contributed by atoms with Gasteiger partial charge in [-0.2, -0.15) is 0 Å². The number of nitrogens with zero attached hydrogens (tertiary/aromatic N) is 2. The molecule has 8 heavy (non-hydrogen) atoms. The summed E-state index contributed by atoms with van der Waals surface area (Å²) in [6.07, 6.45) is 2.11. The number of hydrogen-bond donors (Lipinski definition) is 0. The monoisotopic (exact) mass is 114 g/mol. The predicted octanol–water partition coefficient (Wildman–Crippen LogP) is 0.106. The van der Waals surface area contributed by atoms with Gasteiger partial charge in [0.2, 0.25) is 6.04 Å². The van der Waals surface area contributed by atoms with Crippen molar-refractivity contribution >= 4 is 6.21 Å². The van der Waals surface area contributed by atoms with E-state index < -0.39 is 6.04 Å². The van der Waals surface area contributed by atoms with Gasteiger partial charge in [-0.05, 0) is 0 Å².